The number of nitrogens with one attached hydrogen (secondary N) is 2. The molecule has 1 heterocycles. The van der Waals surface area contributed by atoms with Crippen LogP contribution in [0.1, 0.15) is 13.3 Å². The Morgan fingerprint density at radius 1 is 1.35 bits per heavy atom. The van der Waals surface area contributed by atoms with Crippen molar-refractivity contribution in [3.05, 3.63) is 30.1 Å². The molecule has 0 aliphatic rings. The number of carbonyl (C=O) groups excluding carboxylic acids is 1. The predicted octanol–water partition coefficient (Wildman–Crippen LogP) is 3.82. The summed E-state index contributed by atoms with van der Waals surface area (Å²) in [6, 6.07) is 5.42. The Morgan fingerprint density at radius 3 is 2.90 bits per heavy atom. The van der Waals surface area contributed by atoms with Gasteiger partial charge in [-0.2, -0.15) is 0 Å². The third kappa shape index (κ3) is 4.17. The molecule has 1 aromatic carbocycles. The minimum absolute atomic E-state index is 0.120. The summed E-state index contributed by atoms with van der Waals surface area (Å²) >= 11 is 2.88. The molecule has 0 atom stereocenters. The third-order valence-electron chi connectivity index (χ3n) is 2.18. The Hall–Kier alpha value is -1.67. The van der Waals surface area contributed by atoms with Gasteiger partial charge in [0, 0.05) is 5.75 Å². The molecule has 0 unspecified atom stereocenters. The smallest absolute Gasteiger partial charge is 0.305 e. The standard InChI is InChI=1S/C12H13FN4OS2/c1-2-7-19-12-17-16-11(20-12)15-10(18)14-9-6-4-3-5-8(9)13/h3-6H,2,7H2,1H3,(H2,14,15,16,18). The van der Waals surface area contributed by atoms with Gasteiger partial charge in [0.05, 0.1) is 5.69 Å². The molecule has 1 aromatic heterocycles. The number of hydrogen-bond acceptors (Lipinski definition) is 5. The van der Waals surface area contributed by atoms with Crippen molar-refractivity contribution < 1.29 is 9.18 Å². The number of rotatable bonds is 5. The van der Waals surface area contributed by atoms with E-state index in [1.165, 1.54) is 23.5 Å². The number of urea groups is 1. The molecule has 8 heteroatoms. The molecule has 0 spiro atoms. The van der Waals surface area contributed by atoms with Crippen LogP contribution in [0.15, 0.2) is 28.6 Å². The van der Waals surface area contributed by atoms with Gasteiger partial charge in [-0.3, -0.25) is 5.32 Å². The second-order valence-electron chi connectivity index (χ2n) is 3.78. The zero-order chi connectivity index (χ0) is 14.4. The first-order valence-corrected chi connectivity index (χ1v) is 7.78. The zero-order valence-electron chi connectivity index (χ0n) is 10.7. The van der Waals surface area contributed by atoms with E-state index in [0.29, 0.717) is 5.13 Å². The monoisotopic (exact) mass is 312 g/mol. The van der Waals surface area contributed by atoms with Crippen LogP contribution in [0.2, 0.25) is 0 Å². The molecule has 106 valence electrons. The first-order valence-electron chi connectivity index (χ1n) is 5.98. The maximum atomic E-state index is 13.4. The first kappa shape index (κ1) is 14.7. The predicted molar refractivity (Wildman–Crippen MR) is 80.0 cm³/mol. The molecule has 0 radical (unpaired) electrons. The lowest BCUT2D eigenvalue weighted by atomic mass is 10.3. The molecule has 2 rings (SSSR count). The third-order valence-corrected chi connectivity index (χ3v) is 4.36. The van der Waals surface area contributed by atoms with Gasteiger partial charge in [0.25, 0.3) is 0 Å². The fraction of sp³-hybridized carbons (Fsp3) is 0.250. The Morgan fingerprint density at radius 2 is 2.15 bits per heavy atom. The van der Waals surface area contributed by atoms with Crippen LogP contribution in [0.3, 0.4) is 0 Å². The summed E-state index contributed by atoms with van der Waals surface area (Å²) in [7, 11) is 0. The van der Waals surface area contributed by atoms with E-state index < -0.39 is 11.8 Å². The SMILES string of the molecule is CCCSc1nnc(NC(=O)Nc2ccccc2F)s1. The van der Waals surface area contributed by atoms with Gasteiger partial charge < -0.3 is 5.32 Å². The van der Waals surface area contributed by atoms with E-state index in [1.807, 2.05) is 0 Å². The van der Waals surface area contributed by atoms with Gasteiger partial charge in [0.2, 0.25) is 5.13 Å². The Kier molecular flexibility index (Phi) is 5.31. The van der Waals surface area contributed by atoms with Crippen molar-refractivity contribution in [3.63, 3.8) is 0 Å². The number of hydrogen-bond donors (Lipinski definition) is 2. The Balaban J connectivity index is 1.91. The van der Waals surface area contributed by atoms with Crippen molar-refractivity contribution >= 4 is 39.9 Å². The van der Waals surface area contributed by atoms with Crippen LogP contribution in [-0.4, -0.2) is 22.0 Å². The number of aromatic nitrogens is 2. The molecule has 0 saturated heterocycles. The van der Waals surface area contributed by atoms with E-state index in [9.17, 15) is 9.18 Å². The van der Waals surface area contributed by atoms with Crippen molar-refractivity contribution in [2.75, 3.05) is 16.4 Å². The van der Waals surface area contributed by atoms with Crippen LogP contribution >= 0.6 is 23.1 Å². The molecule has 2 N–H and O–H groups in total. The fourth-order valence-electron chi connectivity index (χ4n) is 1.32. The van der Waals surface area contributed by atoms with Crippen molar-refractivity contribution in [3.8, 4) is 0 Å². The second-order valence-corrected chi connectivity index (χ2v) is 6.10. The van der Waals surface area contributed by atoms with E-state index in [4.69, 9.17) is 0 Å². The molecule has 0 fully saturated rings. The second kappa shape index (κ2) is 7.20. The summed E-state index contributed by atoms with van der Waals surface area (Å²) in [5.41, 5.74) is 0.120. The van der Waals surface area contributed by atoms with Crippen LogP contribution in [0.4, 0.5) is 20.0 Å². The average molecular weight is 312 g/mol. The number of nitrogens with zero attached hydrogens (tertiary/aromatic N) is 2. The largest absolute Gasteiger partial charge is 0.325 e. The zero-order valence-corrected chi connectivity index (χ0v) is 12.4. The highest BCUT2D eigenvalue weighted by molar-refractivity contribution is 8.01. The molecule has 0 bridgehead atoms. The molecule has 20 heavy (non-hydrogen) atoms. The molecule has 5 nitrogen and oxygen atoms in total. The molecule has 0 aliphatic heterocycles. The molecule has 2 amide bonds. The maximum Gasteiger partial charge on any atom is 0.325 e. The Bertz CT molecular complexity index is 590. The number of benzene rings is 1. The van der Waals surface area contributed by atoms with Gasteiger partial charge >= 0.3 is 6.03 Å². The van der Waals surface area contributed by atoms with Gasteiger partial charge in [0.15, 0.2) is 4.34 Å². The highest BCUT2D eigenvalue weighted by Crippen LogP contribution is 2.25. The van der Waals surface area contributed by atoms with E-state index in [0.717, 1.165) is 16.5 Å². The minimum atomic E-state index is -0.543. The minimum Gasteiger partial charge on any atom is -0.305 e. The lowest BCUT2D eigenvalue weighted by Crippen LogP contribution is -2.19. The average Bonchev–Trinajstić information content (AvgIpc) is 2.86. The van der Waals surface area contributed by atoms with Gasteiger partial charge in [0.1, 0.15) is 5.82 Å². The lowest BCUT2D eigenvalue weighted by molar-refractivity contribution is 0.262. The summed E-state index contributed by atoms with van der Waals surface area (Å²) in [5, 5.41) is 13.1. The maximum absolute atomic E-state index is 13.4. The number of thioether (sulfide) groups is 1. The van der Waals surface area contributed by atoms with E-state index in [2.05, 4.69) is 27.8 Å². The van der Waals surface area contributed by atoms with Crippen molar-refractivity contribution in [1.82, 2.24) is 10.2 Å². The van der Waals surface area contributed by atoms with Crippen molar-refractivity contribution in [1.29, 1.82) is 0 Å². The quantitative estimate of drug-likeness (QED) is 0.650. The van der Waals surface area contributed by atoms with Gasteiger partial charge in [-0.25, -0.2) is 9.18 Å². The summed E-state index contributed by atoms with van der Waals surface area (Å²) in [6.07, 6.45) is 1.04. The normalized spacial score (nSPS) is 10.3. The summed E-state index contributed by atoms with van der Waals surface area (Å²) < 4.78 is 14.2. The van der Waals surface area contributed by atoms with Crippen LogP contribution in [0.25, 0.3) is 0 Å². The van der Waals surface area contributed by atoms with E-state index in [1.54, 1.807) is 23.9 Å². The summed E-state index contributed by atoms with van der Waals surface area (Å²) in [4.78, 5) is 11.7. The van der Waals surface area contributed by atoms with Gasteiger partial charge in [-0.15, -0.1) is 10.2 Å². The summed E-state index contributed by atoms with van der Waals surface area (Å²) in [5.74, 6) is 0.467. The van der Waals surface area contributed by atoms with Crippen LogP contribution in [-0.2, 0) is 0 Å². The highest BCUT2D eigenvalue weighted by Gasteiger charge is 2.10. The van der Waals surface area contributed by atoms with Crippen molar-refractivity contribution in [2.24, 2.45) is 0 Å². The van der Waals surface area contributed by atoms with Gasteiger partial charge in [-0.1, -0.05) is 42.2 Å². The van der Waals surface area contributed by atoms with Crippen LogP contribution < -0.4 is 10.6 Å². The fourth-order valence-corrected chi connectivity index (χ4v) is 2.99. The molecule has 0 saturated carbocycles. The number of anilines is 2. The molecule has 2 aromatic rings. The first-order chi connectivity index (χ1) is 9.69. The number of para-hydroxylation sites is 1. The van der Waals surface area contributed by atoms with Gasteiger partial charge in [-0.05, 0) is 18.6 Å². The van der Waals surface area contributed by atoms with Crippen molar-refractivity contribution in [2.45, 2.75) is 17.7 Å². The number of halogens is 1. The van der Waals surface area contributed by atoms with E-state index in [-0.39, 0.29) is 5.69 Å². The van der Waals surface area contributed by atoms with Crippen LogP contribution in [0, 0.1) is 5.82 Å². The number of amides is 2. The lowest BCUT2D eigenvalue weighted by Gasteiger charge is -2.05. The molecular formula is C12H13FN4OS2. The highest BCUT2D eigenvalue weighted by atomic mass is 32.2. The number of carbonyl (C=O) groups is 1. The van der Waals surface area contributed by atoms with E-state index >= 15 is 0 Å². The molecule has 0 aliphatic carbocycles. The van der Waals surface area contributed by atoms with Crippen LogP contribution in [0.5, 0.6) is 0 Å². The summed E-state index contributed by atoms with van der Waals surface area (Å²) in [6.45, 7) is 2.08. The Labute approximate surface area is 124 Å². The topological polar surface area (TPSA) is 66.9 Å². The molecular weight excluding hydrogens is 299 g/mol.